The van der Waals surface area contributed by atoms with Crippen LogP contribution in [0, 0.1) is 0 Å². The smallest absolute Gasteiger partial charge is 0.274 e. The van der Waals surface area contributed by atoms with Crippen molar-refractivity contribution in [2.45, 2.75) is 13.0 Å². The number of carbonyl (C=O) groups excluding carboxylic acids is 1. The number of likely N-dealkylation sites (N-methyl/N-ethyl adjacent to an activating group) is 1. The van der Waals surface area contributed by atoms with Crippen molar-refractivity contribution < 1.29 is 4.79 Å². The summed E-state index contributed by atoms with van der Waals surface area (Å²) in [6, 6.07) is 13.3. The van der Waals surface area contributed by atoms with Crippen LogP contribution in [-0.4, -0.2) is 22.8 Å². The standard InChI is InChI=1S/C17H17BrN2O/c1-12(2)16(13-8-5-4-6-9-13)20(3)17(21)15-14(18)10-7-11-19-15/h4-11,16H,1H2,2-3H3/t16-/m0/s1. The zero-order valence-corrected chi connectivity index (χ0v) is 13.7. The van der Waals surface area contributed by atoms with Crippen molar-refractivity contribution in [3.63, 3.8) is 0 Å². The van der Waals surface area contributed by atoms with Crippen molar-refractivity contribution in [3.8, 4) is 0 Å². The molecule has 0 bridgehead atoms. The van der Waals surface area contributed by atoms with Gasteiger partial charge in [0.25, 0.3) is 5.91 Å². The molecule has 0 N–H and O–H groups in total. The Morgan fingerprint density at radius 1 is 1.24 bits per heavy atom. The first-order valence-corrected chi connectivity index (χ1v) is 7.39. The molecule has 2 aromatic rings. The van der Waals surface area contributed by atoms with Gasteiger partial charge in [-0.3, -0.25) is 4.79 Å². The average molecular weight is 345 g/mol. The summed E-state index contributed by atoms with van der Waals surface area (Å²) in [5, 5.41) is 0. The van der Waals surface area contributed by atoms with Crippen LogP contribution in [0.15, 0.2) is 65.3 Å². The number of hydrogen-bond donors (Lipinski definition) is 0. The highest BCUT2D eigenvalue weighted by Crippen LogP contribution is 2.28. The lowest BCUT2D eigenvalue weighted by atomic mass is 9.99. The predicted octanol–water partition coefficient (Wildman–Crippen LogP) is 4.23. The molecule has 0 saturated carbocycles. The number of aromatic nitrogens is 1. The highest BCUT2D eigenvalue weighted by atomic mass is 79.9. The maximum atomic E-state index is 12.7. The van der Waals surface area contributed by atoms with Gasteiger partial charge in [-0.15, -0.1) is 0 Å². The molecule has 1 aromatic heterocycles. The van der Waals surface area contributed by atoms with Crippen LogP contribution in [0.1, 0.15) is 29.0 Å². The third-order valence-corrected chi connectivity index (χ3v) is 3.89. The summed E-state index contributed by atoms with van der Waals surface area (Å²) in [6.45, 7) is 5.95. The second kappa shape index (κ2) is 6.68. The van der Waals surface area contributed by atoms with Crippen molar-refractivity contribution in [2.24, 2.45) is 0 Å². The molecule has 1 aromatic carbocycles. The molecule has 1 heterocycles. The van der Waals surface area contributed by atoms with Gasteiger partial charge in [-0.05, 0) is 40.5 Å². The highest BCUT2D eigenvalue weighted by molar-refractivity contribution is 9.10. The van der Waals surface area contributed by atoms with Crippen LogP contribution in [0.4, 0.5) is 0 Å². The van der Waals surface area contributed by atoms with Gasteiger partial charge in [-0.2, -0.15) is 0 Å². The van der Waals surface area contributed by atoms with E-state index >= 15 is 0 Å². The molecule has 0 unspecified atom stereocenters. The van der Waals surface area contributed by atoms with Crippen molar-refractivity contribution in [3.05, 3.63) is 76.5 Å². The summed E-state index contributed by atoms with van der Waals surface area (Å²) in [7, 11) is 1.77. The van der Waals surface area contributed by atoms with E-state index in [-0.39, 0.29) is 11.9 Å². The van der Waals surface area contributed by atoms with E-state index in [1.165, 1.54) is 0 Å². The molecular weight excluding hydrogens is 328 g/mol. The van der Waals surface area contributed by atoms with E-state index < -0.39 is 0 Å². The lowest BCUT2D eigenvalue weighted by molar-refractivity contribution is 0.0746. The Balaban J connectivity index is 2.36. The number of pyridine rings is 1. The molecule has 0 saturated heterocycles. The summed E-state index contributed by atoms with van der Waals surface area (Å²) in [6.07, 6.45) is 1.62. The van der Waals surface area contributed by atoms with Crippen molar-refractivity contribution in [1.29, 1.82) is 0 Å². The fraction of sp³-hybridized carbons (Fsp3) is 0.176. The van der Waals surface area contributed by atoms with Gasteiger partial charge in [0.1, 0.15) is 5.69 Å². The van der Waals surface area contributed by atoms with Crippen molar-refractivity contribution in [1.82, 2.24) is 9.88 Å². The lowest BCUT2D eigenvalue weighted by Gasteiger charge is -2.29. The first-order chi connectivity index (χ1) is 10.0. The van der Waals surface area contributed by atoms with E-state index in [0.29, 0.717) is 10.2 Å². The zero-order valence-electron chi connectivity index (χ0n) is 12.1. The first-order valence-electron chi connectivity index (χ1n) is 6.60. The third kappa shape index (κ3) is 3.39. The van der Waals surface area contributed by atoms with Crippen LogP contribution < -0.4 is 0 Å². The summed E-state index contributed by atoms with van der Waals surface area (Å²) in [5.74, 6) is -0.140. The molecule has 1 amide bonds. The van der Waals surface area contributed by atoms with Crippen LogP contribution in [0.25, 0.3) is 0 Å². The van der Waals surface area contributed by atoms with E-state index in [0.717, 1.165) is 11.1 Å². The van der Waals surface area contributed by atoms with Gasteiger partial charge in [0, 0.05) is 17.7 Å². The van der Waals surface area contributed by atoms with Gasteiger partial charge >= 0.3 is 0 Å². The largest absolute Gasteiger partial charge is 0.330 e. The Bertz CT molecular complexity index is 655. The number of hydrogen-bond acceptors (Lipinski definition) is 2. The van der Waals surface area contributed by atoms with Gasteiger partial charge < -0.3 is 4.90 Å². The molecule has 0 fully saturated rings. The number of halogens is 1. The van der Waals surface area contributed by atoms with E-state index in [1.807, 2.05) is 43.3 Å². The van der Waals surface area contributed by atoms with E-state index in [9.17, 15) is 4.79 Å². The lowest BCUT2D eigenvalue weighted by Crippen LogP contribution is -2.32. The molecule has 0 radical (unpaired) electrons. The number of carbonyl (C=O) groups is 1. The Morgan fingerprint density at radius 3 is 2.48 bits per heavy atom. The van der Waals surface area contributed by atoms with E-state index in [1.54, 1.807) is 24.2 Å². The molecule has 0 aliphatic heterocycles. The third-order valence-electron chi connectivity index (χ3n) is 3.25. The first kappa shape index (κ1) is 15.4. The van der Waals surface area contributed by atoms with Crippen LogP contribution in [-0.2, 0) is 0 Å². The molecule has 0 aliphatic carbocycles. The normalized spacial score (nSPS) is 11.8. The van der Waals surface area contributed by atoms with Gasteiger partial charge in [0.15, 0.2) is 0 Å². The minimum Gasteiger partial charge on any atom is -0.330 e. The molecule has 4 heteroatoms. The molecule has 108 valence electrons. The molecule has 21 heavy (non-hydrogen) atoms. The Kier molecular flexibility index (Phi) is 4.91. The van der Waals surface area contributed by atoms with Crippen LogP contribution in [0.3, 0.4) is 0 Å². The van der Waals surface area contributed by atoms with Gasteiger partial charge in [0.05, 0.1) is 6.04 Å². The van der Waals surface area contributed by atoms with Crippen molar-refractivity contribution >= 4 is 21.8 Å². The summed E-state index contributed by atoms with van der Waals surface area (Å²) >= 11 is 3.38. The second-order valence-corrected chi connectivity index (χ2v) is 5.76. The summed E-state index contributed by atoms with van der Waals surface area (Å²) in [5.41, 5.74) is 2.35. The monoisotopic (exact) mass is 344 g/mol. The fourth-order valence-corrected chi connectivity index (χ4v) is 2.73. The molecule has 3 nitrogen and oxygen atoms in total. The van der Waals surface area contributed by atoms with Gasteiger partial charge in [-0.25, -0.2) is 4.98 Å². The summed E-state index contributed by atoms with van der Waals surface area (Å²) in [4.78, 5) is 18.5. The zero-order chi connectivity index (χ0) is 15.4. The minimum atomic E-state index is -0.174. The van der Waals surface area contributed by atoms with Gasteiger partial charge in [-0.1, -0.05) is 42.5 Å². The molecule has 2 rings (SSSR count). The maximum Gasteiger partial charge on any atom is 0.274 e. The molecule has 0 aliphatic rings. The van der Waals surface area contributed by atoms with Gasteiger partial charge in [0.2, 0.25) is 0 Å². The van der Waals surface area contributed by atoms with Crippen LogP contribution in [0.5, 0.6) is 0 Å². The average Bonchev–Trinajstić information content (AvgIpc) is 2.48. The molecule has 0 spiro atoms. The van der Waals surface area contributed by atoms with Crippen molar-refractivity contribution in [2.75, 3.05) is 7.05 Å². The Hall–Kier alpha value is -1.94. The fourth-order valence-electron chi connectivity index (χ4n) is 2.30. The number of amides is 1. The van der Waals surface area contributed by atoms with E-state index in [2.05, 4.69) is 27.5 Å². The highest BCUT2D eigenvalue weighted by Gasteiger charge is 2.25. The number of nitrogens with zero attached hydrogens (tertiary/aromatic N) is 2. The van der Waals surface area contributed by atoms with Crippen LogP contribution >= 0.6 is 15.9 Å². The predicted molar refractivity (Wildman–Crippen MR) is 88.0 cm³/mol. The Labute approximate surface area is 133 Å². The molecule has 1 atom stereocenters. The van der Waals surface area contributed by atoms with E-state index in [4.69, 9.17) is 0 Å². The topological polar surface area (TPSA) is 33.2 Å². The quantitative estimate of drug-likeness (QED) is 0.777. The minimum absolute atomic E-state index is 0.140. The summed E-state index contributed by atoms with van der Waals surface area (Å²) < 4.78 is 0.690. The molecular formula is C17H17BrN2O. The SMILES string of the molecule is C=C(C)[C@@H](c1ccccc1)N(C)C(=O)c1ncccc1Br. The van der Waals surface area contributed by atoms with Crippen LogP contribution in [0.2, 0.25) is 0 Å². The second-order valence-electron chi connectivity index (χ2n) is 4.91. The number of rotatable bonds is 4. The number of benzene rings is 1. The maximum absolute atomic E-state index is 12.7. The Morgan fingerprint density at radius 2 is 1.90 bits per heavy atom.